The van der Waals surface area contributed by atoms with E-state index in [0.29, 0.717) is 16.4 Å². The van der Waals surface area contributed by atoms with Gasteiger partial charge in [-0.15, -0.1) is 0 Å². The Morgan fingerprint density at radius 2 is 2.12 bits per heavy atom. The molecule has 0 aliphatic heterocycles. The van der Waals surface area contributed by atoms with Crippen LogP contribution in [0.25, 0.3) is 0 Å². The molecule has 0 atom stereocenters. The van der Waals surface area contributed by atoms with Gasteiger partial charge >= 0.3 is 6.09 Å². The van der Waals surface area contributed by atoms with Crippen LogP contribution in [0.15, 0.2) is 12.1 Å². The molecule has 4 N–H and O–H groups in total. The summed E-state index contributed by atoms with van der Waals surface area (Å²) < 4.78 is 0. The lowest BCUT2D eigenvalue weighted by Crippen LogP contribution is -2.26. The van der Waals surface area contributed by atoms with E-state index < -0.39 is 6.09 Å². The van der Waals surface area contributed by atoms with Crippen LogP contribution in [0.4, 0.5) is 21.9 Å². The van der Waals surface area contributed by atoms with Gasteiger partial charge in [0, 0.05) is 13.1 Å². The van der Waals surface area contributed by atoms with E-state index in [4.69, 9.17) is 22.4 Å². The van der Waals surface area contributed by atoms with E-state index >= 15 is 0 Å². The molecule has 0 radical (unpaired) electrons. The molecule has 6 heteroatoms. The van der Waals surface area contributed by atoms with Crippen molar-refractivity contribution in [3.63, 3.8) is 0 Å². The minimum Gasteiger partial charge on any atom is -0.465 e. The topological polar surface area (TPSA) is 78.6 Å². The van der Waals surface area contributed by atoms with Gasteiger partial charge in [0.25, 0.3) is 0 Å². The fourth-order valence-corrected chi connectivity index (χ4v) is 1.65. The van der Waals surface area contributed by atoms with Gasteiger partial charge in [-0.3, -0.25) is 5.32 Å². The van der Waals surface area contributed by atoms with E-state index in [1.807, 2.05) is 25.8 Å². The number of nitrogens with zero attached hydrogens (tertiary/aromatic N) is 1. The van der Waals surface area contributed by atoms with Crippen molar-refractivity contribution in [1.82, 2.24) is 0 Å². The number of carboxylic acid groups (broad SMARTS) is 1. The highest BCUT2D eigenvalue weighted by atomic mass is 35.5. The van der Waals surface area contributed by atoms with Gasteiger partial charge in [0.15, 0.2) is 0 Å². The zero-order valence-electron chi connectivity index (χ0n) is 9.99. The lowest BCUT2D eigenvalue weighted by atomic mass is 10.2. The summed E-state index contributed by atoms with van der Waals surface area (Å²) in [4.78, 5) is 12.5. The Kier molecular flexibility index (Phi) is 4.07. The first-order valence-corrected chi connectivity index (χ1v) is 5.52. The van der Waals surface area contributed by atoms with Crippen LogP contribution in [0.5, 0.6) is 0 Å². The second-order valence-corrected chi connectivity index (χ2v) is 4.43. The predicted molar refractivity (Wildman–Crippen MR) is 71.1 cm³/mol. The standard InChI is InChI=1S/C11H16ClN3O2/c1-6(2)15(3)10-5-9(14-11(16)17)8(13)4-7(10)12/h4-6,14H,13H2,1-3H3,(H,16,17). The van der Waals surface area contributed by atoms with Crippen molar-refractivity contribution in [3.8, 4) is 0 Å². The molecule has 0 fully saturated rings. The number of nitrogens with two attached hydrogens (primary N) is 1. The summed E-state index contributed by atoms with van der Waals surface area (Å²) in [5.41, 5.74) is 7.06. The molecule has 0 aromatic heterocycles. The number of hydrogen-bond donors (Lipinski definition) is 3. The number of halogens is 1. The molecule has 1 amide bonds. The van der Waals surface area contributed by atoms with Gasteiger partial charge in [0.1, 0.15) is 0 Å². The molecule has 0 bridgehead atoms. The number of nitrogens with one attached hydrogen (secondary N) is 1. The second-order valence-electron chi connectivity index (χ2n) is 4.03. The van der Waals surface area contributed by atoms with E-state index in [2.05, 4.69) is 5.32 Å². The summed E-state index contributed by atoms with van der Waals surface area (Å²) in [6.07, 6.45) is -1.16. The smallest absolute Gasteiger partial charge is 0.409 e. The Morgan fingerprint density at radius 1 is 1.53 bits per heavy atom. The highest BCUT2D eigenvalue weighted by Crippen LogP contribution is 2.33. The maximum Gasteiger partial charge on any atom is 0.409 e. The zero-order chi connectivity index (χ0) is 13.2. The molecule has 1 aromatic rings. The molecule has 0 saturated heterocycles. The monoisotopic (exact) mass is 257 g/mol. The number of nitrogen functional groups attached to an aromatic ring is 1. The van der Waals surface area contributed by atoms with Crippen LogP contribution >= 0.6 is 11.6 Å². The van der Waals surface area contributed by atoms with E-state index in [-0.39, 0.29) is 6.04 Å². The van der Waals surface area contributed by atoms with Crippen molar-refractivity contribution in [2.45, 2.75) is 19.9 Å². The lowest BCUT2D eigenvalue weighted by molar-refractivity contribution is 0.210. The zero-order valence-corrected chi connectivity index (χ0v) is 10.7. The molecule has 1 aromatic carbocycles. The van der Waals surface area contributed by atoms with Crippen LogP contribution in [-0.2, 0) is 0 Å². The maximum atomic E-state index is 10.6. The molecule has 0 aliphatic rings. The van der Waals surface area contributed by atoms with Gasteiger partial charge in [0.05, 0.1) is 22.1 Å². The summed E-state index contributed by atoms with van der Waals surface area (Å²) in [5.74, 6) is 0. The predicted octanol–water partition coefficient (Wildman–Crippen LogP) is 2.86. The van der Waals surface area contributed by atoms with Crippen molar-refractivity contribution in [3.05, 3.63) is 17.2 Å². The first-order valence-electron chi connectivity index (χ1n) is 5.14. The molecule has 0 aliphatic carbocycles. The van der Waals surface area contributed by atoms with E-state index in [1.165, 1.54) is 0 Å². The summed E-state index contributed by atoms with van der Waals surface area (Å²) in [6, 6.07) is 3.42. The van der Waals surface area contributed by atoms with E-state index in [9.17, 15) is 4.79 Å². The normalized spacial score (nSPS) is 10.4. The molecule has 17 heavy (non-hydrogen) atoms. The highest BCUT2D eigenvalue weighted by molar-refractivity contribution is 6.33. The number of amides is 1. The SMILES string of the molecule is CC(C)N(C)c1cc(NC(=O)O)c(N)cc1Cl. The number of benzene rings is 1. The Morgan fingerprint density at radius 3 is 2.59 bits per heavy atom. The lowest BCUT2D eigenvalue weighted by Gasteiger charge is -2.25. The maximum absolute atomic E-state index is 10.6. The fraction of sp³-hybridized carbons (Fsp3) is 0.364. The molecule has 0 heterocycles. The Labute approximate surface area is 105 Å². The molecule has 0 saturated carbocycles. The van der Waals surface area contributed by atoms with Gasteiger partial charge in [-0.05, 0) is 26.0 Å². The van der Waals surface area contributed by atoms with Crippen LogP contribution in [0, 0.1) is 0 Å². The fourth-order valence-electron chi connectivity index (χ4n) is 1.35. The average Bonchev–Trinajstić information content (AvgIpc) is 2.20. The van der Waals surface area contributed by atoms with Crippen LogP contribution in [0.1, 0.15) is 13.8 Å². The molecule has 5 nitrogen and oxygen atoms in total. The summed E-state index contributed by atoms with van der Waals surface area (Å²) in [5, 5.41) is 11.4. The van der Waals surface area contributed by atoms with Crippen molar-refractivity contribution in [1.29, 1.82) is 0 Å². The number of anilines is 3. The van der Waals surface area contributed by atoms with Crippen molar-refractivity contribution in [2.75, 3.05) is 23.0 Å². The van der Waals surface area contributed by atoms with Crippen LogP contribution in [0.3, 0.4) is 0 Å². The largest absolute Gasteiger partial charge is 0.465 e. The number of hydrogen-bond acceptors (Lipinski definition) is 3. The number of carbonyl (C=O) groups is 1. The van der Waals surface area contributed by atoms with Crippen LogP contribution in [-0.4, -0.2) is 24.3 Å². The Balaban J connectivity index is 3.18. The number of rotatable bonds is 3. The van der Waals surface area contributed by atoms with Crippen molar-refractivity contribution in [2.24, 2.45) is 0 Å². The van der Waals surface area contributed by atoms with E-state index in [1.54, 1.807) is 12.1 Å². The quantitative estimate of drug-likeness (QED) is 0.728. The highest BCUT2D eigenvalue weighted by Gasteiger charge is 2.13. The molecule has 94 valence electrons. The molecular weight excluding hydrogens is 242 g/mol. The third kappa shape index (κ3) is 3.17. The van der Waals surface area contributed by atoms with Crippen LogP contribution < -0.4 is 16.0 Å². The first kappa shape index (κ1) is 13.4. The van der Waals surface area contributed by atoms with Gasteiger partial charge in [-0.1, -0.05) is 11.6 Å². The molecule has 1 rings (SSSR count). The molecule has 0 spiro atoms. The summed E-state index contributed by atoms with van der Waals surface area (Å²) >= 11 is 6.08. The van der Waals surface area contributed by atoms with Gasteiger partial charge in [0.2, 0.25) is 0 Å². The average molecular weight is 258 g/mol. The third-order valence-corrected chi connectivity index (χ3v) is 2.82. The third-order valence-electron chi connectivity index (χ3n) is 2.52. The minimum atomic E-state index is -1.16. The summed E-state index contributed by atoms with van der Waals surface area (Å²) in [7, 11) is 1.88. The Bertz CT molecular complexity index is 435. The van der Waals surface area contributed by atoms with Gasteiger partial charge < -0.3 is 15.7 Å². The van der Waals surface area contributed by atoms with Crippen LogP contribution in [0.2, 0.25) is 5.02 Å². The second kappa shape index (κ2) is 5.14. The van der Waals surface area contributed by atoms with Crippen molar-refractivity contribution >= 4 is 34.8 Å². The molecule has 0 unspecified atom stereocenters. The van der Waals surface area contributed by atoms with Crippen molar-refractivity contribution < 1.29 is 9.90 Å². The summed E-state index contributed by atoms with van der Waals surface area (Å²) in [6.45, 7) is 4.02. The minimum absolute atomic E-state index is 0.244. The van der Waals surface area contributed by atoms with E-state index in [0.717, 1.165) is 5.69 Å². The van der Waals surface area contributed by atoms with Gasteiger partial charge in [-0.25, -0.2) is 4.79 Å². The van der Waals surface area contributed by atoms with Gasteiger partial charge in [-0.2, -0.15) is 0 Å². The Hall–Kier alpha value is -1.62. The molecular formula is C11H16ClN3O2. The first-order chi connectivity index (χ1) is 7.82.